The van der Waals surface area contributed by atoms with Gasteiger partial charge in [0.05, 0.1) is 18.3 Å². The predicted octanol–water partition coefficient (Wildman–Crippen LogP) is 3.40. The molecular formula is C13H22N2OS. The Bertz CT molecular complexity index is 351. The Morgan fingerprint density at radius 3 is 2.71 bits per heavy atom. The lowest BCUT2D eigenvalue weighted by Gasteiger charge is -2.14. The summed E-state index contributed by atoms with van der Waals surface area (Å²) >= 11 is 1.71. The lowest BCUT2D eigenvalue weighted by Crippen LogP contribution is -2.21. The first-order valence-corrected chi connectivity index (χ1v) is 7.27. The van der Waals surface area contributed by atoms with Crippen LogP contribution in [0.25, 0.3) is 0 Å². The van der Waals surface area contributed by atoms with Gasteiger partial charge in [0.1, 0.15) is 5.01 Å². The van der Waals surface area contributed by atoms with Gasteiger partial charge in [-0.25, -0.2) is 4.98 Å². The Balaban J connectivity index is 1.77. The number of hydrogen-bond acceptors (Lipinski definition) is 4. The van der Waals surface area contributed by atoms with Gasteiger partial charge < -0.3 is 0 Å². The van der Waals surface area contributed by atoms with Gasteiger partial charge in [-0.2, -0.15) is 5.48 Å². The Labute approximate surface area is 108 Å². The van der Waals surface area contributed by atoms with Crippen LogP contribution in [0.15, 0.2) is 5.38 Å². The zero-order chi connectivity index (χ0) is 12.3. The molecule has 0 atom stereocenters. The molecule has 0 amide bonds. The number of thiazole rings is 1. The van der Waals surface area contributed by atoms with Crippen LogP contribution < -0.4 is 5.48 Å². The van der Waals surface area contributed by atoms with E-state index in [-0.39, 0.29) is 5.41 Å². The highest BCUT2D eigenvalue weighted by atomic mass is 32.1. The standard InChI is InChI=1S/C13H22N2OS/c1-13(2,3)11-9-17-12(15-11)8-14-16-10-6-4-5-7-10/h9-10,14H,4-8H2,1-3H3. The van der Waals surface area contributed by atoms with Crippen LogP contribution in [0, 0.1) is 0 Å². The van der Waals surface area contributed by atoms with E-state index in [1.165, 1.54) is 31.4 Å². The minimum Gasteiger partial charge on any atom is -0.298 e. The van der Waals surface area contributed by atoms with Crippen LogP contribution in [0.2, 0.25) is 0 Å². The monoisotopic (exact) mass is 254 g/mol. The molecule has 2 rings (SSSR count). The van der Waals surface area contributed by atoms with Crippen LogP contribution in [0.3, 0.4) is 0 Å². The Hall–Kier alpha value is -0.450. The second kappa shape index (κ2) is 5.46. The number of nitrogens with one attached hydrogen (secondary N) is 1. The topological polar surface area (TPSA) is 34.1 Å². The molecule has 1 saturated carbocycles. The second-order valence-corrected chi connectivity index (χ2v) is 6.66. The Morgan fingerprint density at radius 1 is 1.41 bits per heavy atom. The summed E-state index contributed by atoms with van der Waals surface area (Å²) in [6.07, 6.45) is 5.41. The van der Waals surface area contributed by atoms with Gasteiger partial charge in [0.25, 0.3) is 0 Å². The maximum atomic E-state index is 5.62. The maximum absolute atomic E-state index is 5.62. The summed E-state index contributed by atoms with van der Waals surface area (Å²) in [7, 11) is 0. The summed E-state index contributed by atoms with van der Waals surface area (Å²) in [6, 6.07) is 0. The molecule has 0 bridgehead atoms. The molecule has 0 aromatic carbocycles. The van der Waals surface area contributed by atoms with Gasteiger partial charge in [0, 0.05) is 10.8 Å². The van der Waals surface area contributed by atoms with E-state index in [0.717, 1.165) is 11.6 Å². The molecule has 0 unspecified atom stereocenters. The van der Waals surface area contributed by atoms with E-state index in [0.29, 0.717) is 6.10 Å². The minimum atomic E-state index is 0.140. The molecule has 17 heavy (non-hydrogen) atoms. The fourth-order valence-corrected chi connectivity index (χ4v) is 2.91. The van der Waals surface area contributed by atoms with E-state index >= 15 is 0 Å². The van der Waals surface area contributed by atoms with Crippen LogP contribution >= 0.6 is 11.3 Å². The first-order chi connectivity index (χ1) is 8.05. The largest absolute Gasteiger partial charge is 0.298 e. The highest BCUT2D eigenvalue weighted by molar-refractivity contribution is 7.09. The van der Waals surface area contributed by atoms with Crippen molar-refractivity contribution in [2.24, 2.45) is 0 Å². The molecule has 3 nitrogen and oxygen atoms in total. The minimum absolute atomic E-state index is 0.140. The summed E-state index contributed by atoms with van der Waals surface area (Å²) in [5, 5.41) is 3.25. The van der Waals surface area contributed by atoms with Crippen molar-refractivity contribution >= 4 is 11.3 Å². The number of hydroxylamine groups is 1. The van der Waals surface area contributed by atoms with Crippen LogP contribution in [-0.4, -0.2) is 11.1 Å². The lowest BCUT2D eigenvalue weighted by molar-refractivity contribution is -0.0244. The normalized spacial score (nSPS) is 17.8. The number of hydrogen-bond donors (Lipinski definition) is 1. The third kappa shape index (κ3) is 3.76. The van der Waals surface area contributed by atoms with Crippen LogP contribution in [0.5, 0.6) is 0 Å². The van der Waals surface area contributed by atoms with E-state index in [4.69, 9.17) is 4.84 Å². The molecule has 4 heteroatoms. The SMILES string of the molecule is CC(C)(C)c1csc(CNOC2CCCC2)n1. The van der Waals surface area contributed by atoms with Crippen molar-refractivity contribution in [3.05, 3.63) is 16.1 Å². The fourth-order valence-electron chi connectivity index (χ4n) is 1.96. The Morgan fingerprint density at radius 2 is 2.12 bits per heavy atom. The average Bonchev–Trinajstić information content (AvgIpc) is 2.86. The zero-order valence-corrected chi connectivity index (χ0v) is 11.8. The summed E-state index contributed by atoms with van der Waals surface area (Å²) in [4.78, 5) is 10.2. The second-order valence-electron chi connectivity index (χ2n) is 5.72. The van der Waals surface area contributed by atoms with Crippen molar-refractivity contribution < 1.29 is 4.84 Å². The summed E-state index contributed by atoms with van der Waals surface area (Å²) in [5.41, 5.74) is 4.36. The molecule has 1 aromatic heterocycles. The molecule has 0 saturated heterocycles. The van der Waals surface area contributed by atoms with E-state index in [1.807, 2.05) is 0 Å². The Kier molecular flexibility index (Phi) is 4.17. The smallest absolute Gasteiger partial charge is 0.109 e. The zero-order valence-electron chi connectivity index (χ0n) is 11.0. The third-order valence-electron chi connectivity index (χ3n) is 3.10. The van der Waals surface area contributed by atoms with Crippen molar-refractivity contribution in [2.75, 3.05) is 0 Å². The molecule has 96 valence electrons. The molecule has 0 spiro atoms. The molecule has 1 heterocycles. The van der Waals surface area contributed by atoms with Crippen molar-refractivity contribution in [1.29, 1.82) is 0 Å². The van der Waals surface area contributed by atoms with E-state index < -0.39 is 0 Å². The summed E-state index contributed by atoms with van der Waals surface area (Å²) in [6.45, 7) is 7.29. The molecule has 1 aliphatic rings. The number of nitrogens with zero attached hydrogens (tertiary/aromatic N) is 1. The highest BCUT2D eigenvalue weighted by Gasteiger charge is 2.18. The number of rotatable bonds is 4. The highest BCUT2D eigenvalue weighted by Crippen LogP contribution is 2.24. The first-order valence-electron chi connectivity index (χ1n) is 6.39. The van der Waals surface area contributed by atoms with E-state index in [1.54, 1.807) is 11.3 Å². The van der Waals surface area contributed by atoms with Crippen molar-refractivity contribution in [1.82, 2.24) is 10.5 Å². The van der Waals surface area contributed by atoms with Gasteiger partial charge in [-0.1, -0.05) is 33.6 Å². The van der Waals surface area contributed by atoms with Gasteiger partial charge in [-0.3, -0.25) is 4.84 Å². The van der Waals surface area contributed by atoms with Gasteiger partial charge in [-0.15, -0.1) is 11.3 Å². The molecule has 1 aromatic rings. The van der Waals surface area contributed by atoms with Crippen LogP contribution in [0.4, 0.5) is 0 Å². The van der Waals surface area contributed by atoms with Crippen LogP contribution in [-0.2, 0) is 16.8 Å². The van der Waals surface area contributed by atoms with E-state index in [2.05, 4.69) is 36.6 Å². The predicted molar refractivity (Wildman–Crippen MR) is 71.0 cm³/mol. The van der Waals surface area contributed by atoms with Gasteiger partial charge in [-0.05, 0) is 12.8 Å². The maximum Gasteiger partial charge on any atom is 0.109 e. The molecule has 1 N–H and O–H groups in total. The average molecular weight is 254 g/mol. The van der Waals surface area contributed by atoms with Crippen molar-refractivity contribution in [2.45, 2.75) is 64.5 Å². The lowest BCUT2D eigenvalue weighted by atomic mass is 9.93. The van der Waals surface area contributed by atoms with Crippen LogP contribution in [0.1, 0.15) is 57.2 Å². The molecular weight excluding hydrogens is 232 g/mol. The fraction of sp³-hybridized carbons (Fsp3) is 0.769. The van der Waals surface area contributed by atoms with Gasteiger partial charge in [0.2, 0.25) is 0 Å². The van der Waals surface area contributed by atoms with Gasteiger partial charge >= 0.3 is 0 Å². The third-order valence-corrected chi connectivity index (χ3v) is 3.94. The van der Waals surface area contributed by atoms with E-state index in [9.17, 15) is 0 Å². The molecule has 0 aliphatic heterocycles. The number of aromatic nitrogens is 1. The van der Waals surface area contributed by atoms with Crippen molar-refractivity contribution in [3.63, 3.8) is 0 Å². The van der Waals surface area contributed by atoms with Crippen molar-refractivity contribution in [3.8, 4) is 0 Å². The quantitative estimate of drug-likeness (QED) is 0.836. The summed E-state index contributed by atoms with van der Waals surface area (Å²) < 4.78 is 0. The molecule has 0 radical (unpaired) electrons. The van der Waals surface area contributed by atoms with Gasteiger partial charge in [0.15, 0.2) is 0 Å². The summed E-state index contributed by atoms with van der Waals surface area (Å²) in [5.74, 6) is 0. The first kappa shape index (κ1) is 13.0. The molecule has 1 aliphatic carbocycles. The molecule has 1 fully saturated rings.